The molecule has 1 aliphatic carbocycles. The van der Waals surface area contributed by atoms with Gasteiger partial charge in [-0.3, -0.25) is 10.1 Å². The van der Waals surface area contributed by atoms with Crippen molar-refractivity contribution >= 4 is 23.0 Å². The van der Waals surface area contributed by atoms with E-state index in [1.165, 1.54) is 31.7 Å². The molecule has 1 saturated carbocycles. The lowest BCUT2D eigenvalue weighted by Crippen LogP contribution is -2.17. The maximum absolute atomic E-state index is 11.0. The maximum atomic E-state index is 11.0. The predicted octanol–water partition coefficient (Wildman–Crippen LogP) is 4.88. The van der Waals surface area contributed by atoms with Gasteiger partial charge in [0.25, 0.3) is 5.69 Å². The summed E-state index contributed by atoms with van der Waals surface area (Å²) >= 11 is 6.05. The maximum Gasteiger partial charge on any atom is 0.293 e. The number of nitrogens with one attached hydrogen (secondary N) is 1. The van der Waals surface area contributed by atoms with Crippen molar-refractivity contribution in [2.45, 2.75) is 39.0 Å². The summed E-state index contributed by atoms with van der Waals surface area (Å²) in [6.07, 6.45) is 6.23. The number of nitro benzene ring substituents is 1. The highest BCUT2D eigenvalue weighted by Gasteiger charge is 2.20. The zero-order chi connectivity index (χ0) is 14.5. The quantitative estimate of drug-likeness (QED) is 0.622. The average molecular weight is 297 g/mol. The molecule has 1 fully saturated rings. The largest absolute Gasteiger partial charge is 0.378 e. The SMILES string of the molecule is CC1CCCC(CCNc2c(Cl)cccc2[N+](=O)[O-])C1. The molecule has 4 nitrogen and oxygen atoms in total. The number of para-hydroxylation sites is 1. The van der Waals surface area contributed by atoms with Crippen LogP contribution in [0.5, 0.6) is 0 Å². The monoisotopic (exact) mass is 296 g/mol. The van der Waals surface area contributed by atoms with Gasteiger partial charge in [-0.15, -0.1) is 0 Å². The fourth-order valence-corrected chi connectivity index (χ4v) is 3.30. The highest BCUT2D eigenvalue weighted by Crippen LogP contribution is 2.33. The van der Waals surface area contributed by atoms with Gasteiger partial charge in [-0.1, -0.05) is 43.9 Å². The lowest BCUT2D eigenvalue weighted by atomic mass is 9.81. The van der Waals surface area contributed by atoms with E-state index in [2.05, 4.69) is 12.2 Å². The Labute approximate surface area is 124 Å². The Kier molecular flexibility index (Phi) is 5.24. The van der Waals surface area contributed by atoms with E-state index in [-0.39, 0.29) is 5.69 Å². The molecule has 1 aliphatic rings. The first kappa shape index (κ1) is 15.1. The van der Waals surface area contributed by atoms with E-state index in [1.807, 2.05) is 0 Å². The van der Waals surface area contributed by atoms with E-state index in [0.29, 0.717) is 10.7 Å². The Morgan fingerprint density at radius 3 is 2.95 bits per heavy atom. The summed E-state index contributed by atoms with van der Waals surface area (Å²) in [5.74, 6) is 1.54. The van der Waals surface area contributed by atoms with Crippen molar-refractivity contribution in [2.75, 3.05) is 11.9 Å². The molecule has 1 aromatic carbocycles. The molecule has 110 valence electrons. The van der Waals surface area contributed by atoms with Gasteiger partial charge in [0, 0.05) is 12.6 Å². The number of nitro groups is 1. The molecule has 2 unspecified atom stereocenters. The molecular formula is C15H21ClN2O2. The normalized spacial score (nSPS) is 22.5. The fraction of sp³-hybridized carbons (Fsp3) is 0.600. The molecule has 0 aliphatic heterocycles. The first-order valence-corrected chi connectivity index (χ1v) is 7.62. The van der Waals surface area contributed by atoms with Gasteiger partial charge in [-0.2, -0.15) is 0 Å². The van der Waals surface area contributed by atoms with Crippen molar-refractivity contribution in [1.82, 2.24) is 0 Å². The predicted molar refractivity (Wildman–Crippen MR) is 82.3 cm³/mol. The zero-order valence-corrected chi connectivity index (χ0v) is 12.5. The van der Waals surface area contributed by atoms with Gasteiger partial charge in [-0.25, -0.2) is 0 Å². The second-order valence-electron chi connectivity index (χ2n) is 5.74. The van der Waals surface area contributed by atoms with E-state index < -0.39 is 4.92 Å². The third kappa shape index (κ3) is 3.85. The number of rotatable bonds is 5. The summed E-state index contributed by atoms with van der Waals surface area (Å²) in [4.78, 5) is 10.6. The third-order valence-electron chi connectivity index (χ3n) is 4.09. The molecule has 0 heterocycles. The van der Waals surface area contributed by atoms with Crippen molar-refractivity contribution in [3.05, 3.63) is 33.3 Å². The van der Waals surface area contributed by atoms with Crippen LogP contribution in [0.25, 0.3) is 0 Å². The molecule has 2 rings (SSSR count). The summed E-state index contributed by atoms with van der Waals surface area (Å²) in [6, 6.07) is 4.77. The minimum Gasteiger partial charge on any atom is -0.378 e. The van der Waals surface area contributed by atoms with E-state index in [4.69, 9.17) is 11.6 Å². The first-order chi connectivity index (χ1) is 9.58. The lowest BCUT2D eigenvalue weighted by molar-refractivity contribution is -0.383. The molecule has 1 N–H and O–H groups in total. The standard InChI is InChI=1S/C15H21ClN2O2/c1-11-4-2-5-12(10-11)8-9-17-15-13(16)6-3-7-14(15)18(19)20/h3,6-7,11-12,17H,2,4-5,8-10H2,1H3. The van der Waals surface area contributed by atoms with E-state index in [1.54, 1.807) is 12.1 Å². The molecule has 0 amide bonds. The summed E-state index contributed by atoms with van der Waals surface area (Å²) in [6.45, 7) is 3.04. The van der Waals surface area contributed by atoms with Crippen LogP contribution in [0.15, 0.2) is 18.2 Å². The molecule has 1 aromatic rings. The Bertz CT molecular complexity index is 479. The van der Waals surface area contributed by atoms with Crippen molar-refractivity contribution in [2.24, 2.45) is 11.8 Å². The van der Waals surface area contributed by atoms with Crippen LogP contribution in [-0.4, -0.2) is 11.5 Å². The summed E-state index contributed by atoms with van der Waals surface area (Å²) in [5, 5.41) is 14.6. The number of benzene rings is 1. The second-order valence-corrected chi connectivity index (χ2v) is 6.15. The van der Waals surface area contributed by atoms with E-state index >= 15 is 0 Å². The number of hydrogen-bond donors (Lipinski definition) is 1. The van der Waals surface area contributed by atoms with Crippen LogP contribution in [0, 0.1) is 22.0 Å². The molecular weight excluding hydrogens is 276 g/mol. The first-order valence-electron chi connectivity index (χ1n) is 7.24. The van der Waals surface area contributed by atoms with Gasteiger partial charge in [-0.05, 0) is 30.7 Å². The minimum absolute atomic E-state index is 0.0505. The Morgan fingerprint density at radius 2 is 2.25 bits per heavy atom. The molecule has 5 heteroatoms. The number of hydrogen-bond acceptors (Lipinski definition) is 3. The number of anilines is 1. The van der Waals surface area contributed by atoms with Crippen LogP contribution < -0.4 is 5.32 Å². The van der Waals surface area contributed by atoms with Gasteiger partial charge >= 0.3 is 0 Å². The van der Waals surface area contributed by atoms with Crippen LogP contribution in [0.4, 0.5) is 11.4 Å². The molecule has 20 heavy (non-hydrogen) atoms. The Hall–Kier alpha value is -1.29. The van der Waals surface area contributed by atoms with Gasteiger partial charge in [0.1, 0.15) is 5.69 Å². The van der Waals surface area contributed by atoms with E-state index in [9.17, 15) is 10.1 Å². The third-order valence-corrected chi connectivity index (χ3v) is 4.40. The molecule has 0 aromatic heterocycles. The Balaban J connectivity index is 1.92. The zero-order valence-electron chi connectivity index (χ0n) is 11.8. The van der Waals surface area contributed by atoms with Gasteiger partial charge < -0.3 is 5.32 Å². The highest BCUT2D eigenvalue weighted by molar-refractivity contribution is 6.33. The van der Waals surface area contributed by atoms with E-state index in [0.717, 1.165) is 24.8 Å². The lowest BCUT2D eigenvalue weighted by Gasteiger charge is -2.26. The van der Waals surface area contributed by atoms with Crippen molar-refractivity contribution in [3.8, 4) is 0 Å². The van der Waals surface area contributed by atoms with Crippen LogP contribution in [0.2, 0.25) is 5.02 Å². The summed E-state index contributed by atoms with van der Waals surface area (Å²) < 4.78 is 0. The van der Waals surface area contributed by atoms with Crippen LogP contribution in [0.3, 0.4) is 0 Å². The fourth-order valence-electron chi connectivity index (χ4n) is 3.06. The second kappa shape index (κ2) is 6.93. The minimum atomic E-state index is -0.392. The highest BCUT2D eigenvalue weighted by atomic mass is 35.5. The van der Waals surface area contributed by atoms with Crippen LogP contribution in [-0.2, 0) is 0 Å². The topological polar surface area (TPSA) is 55.2 Å². The number of halogens is 1. The van der Waals surface area contributed by atoms with Crippen molar-refractivity contribution < 1.29 is 4.92 Å². The van der Waals surface area contributed by atoms with Gasteiger partial charge in [0.15, 0.2) is 0 Å². The smallest absolute Gasteiger partial charge is 0.293 e. The summed E-state index contributed by atoms with van der Waals surface area (Å²) in [5.41, 5.74) is 0.498. The Morgan fingerprint density at radius 1 is 1.45 bits per heavy atom. The summed E-state index contributed by atoms with van der Waals surface area (Å²) in [7, 11) is 0. The molecule has 0 spiro atoms. The average Bonchev–Trinajstić information content (AvgIpc) is 2.40. The number of nitrogens with zero attached hydrogens (tertiary/aromatic N) is 1. The molecule has 0 saturated heterocycles. The van der Waals surface area contributed by atoms with Crippen LogP contribution in [0.1, 0.15) is 39.0 Å². The molecule has 0 bridgehead atoms. The van der Waals surface area contributed by atoms with Crippen molar-refractivity contribution in [1.29, 1.82) is 0 Å². The van der Waals surface area contributed by atoms with Crippen LogP contribution >= 0.6 is 11.6 Å². The molecule has 2 atom stereocenters. The van der Waals surface area contributed by atoms with Crippen molar-refractivity contribution in [3.63, 3.8) is 0 Å². The van der Waals surface area contributed by atoms with Gasteiger partial charge in [0.2, 0.25) is 0 Å². The molecule has 0 radical (unpaired) electrons. The van der Waals surface area contributed by atoms with Gasteiger partial charge in [0.05, 0.1) is 9.95 Å².